The van der Waals surface area contributed by atoms with E-state index < -0.39 is 0 Å². The highest BCUT2D eigenvalue weighted by atomic mass is 32.1. The number of nitrogens with zero attached hydrogens (tertiary/aromatic N) is 2. The first-order valence-corrected chi connectivity index (χ1v) is 12.3. The minimum atomic E-state index is 0.863. The summed E-state index contributed by atoms with van der Waals surface area (Å²) in [6, 6.07) is 17.9. The van der Waals surface area contributed by atoms with E-state index in [2.05, 4.69) is 70.3 Å². The smallest absolute Gasteiger partial charge is 0.103 e. The largest absolute Gasteiger partial charge is 0.379 e. The Hall–Kier alpha value is -2.40. The second kappa shape index (κ2) is 7.94. The maximum atomic E-state index is 5.53. The van der Waals surface area contributed by atoms with Crippen LogP contribution in [0, 0.1) is 6.92 Å². The fourth-order valence-corrected chi connectivity index (χ4v) is 6.08. The maximum absolute atomic E-state index is 5.53. The van der Waals surface area contributed by atoms with Crippen molar-refractivity contribution in [2.24, 2.45) is 0 Å². The summed E-state index contributed by atoms with van der Waals surface area (Å²) in [6.45, 7) is 8.28. The lowest BCUT2D eigenvalue weighted by atomic mass is 9.91. The summed E-state index contributed by atoms with van der Waals surface area (Å²) in [5.41, 5.74) is 7.37. The van der Waals surface area contributed by atoms with Crippen molar-refractivity contribution in [2.45, 2.75) is 26.3 Å². The van der Waals surface area contributed by atoms with Crippen LogP contribution in [0.1, 0.15) is 29.7 Å². The summed E-state index contributed by atoms with van der Waals surface area (Å²) in [4.78, 5) is 3.95. The Bertz CT molecular complexity index is 1280. The van der Waals surface area contributed by atoms with Crippen LogP contribution >= 0.6 is 11.3 Å². The summed E-state index contributed by atoms with van der Waals surface area (Å²) >= 11 is 1.88. The van der Waals surface area contributed by atoms with Crippen LogP contribution in [0.4, 0.5) is 0 Å². The Morgan fingerprint density at radius 2 is 1.74 bits per heavy atom. The van der Waals surface area contributed by atoms with E-state index in [1.807, 2.05) is 11.3 Å². The highest BCUT2D eigenvalue weighted by Crippen LogP contribution is 2.46. The van der Waals surface area contributed by atoms with Gasteiger partial charge in [-0.25, -0.2) is 0 Å². The van der Waals surface area contributed by atoms with Crippen molar-refractivity contribution in [3.63, 3.8) is 0 Å². The van der Waals surface area contributed by atoms with E-state index in [0.29, 0.717) is 0 Å². The van der Waals surface area contributed by atoms with Crippen LogP contribution in [0.3, 0.4) is 0 Å². The Labute approximate surface area is 187 Å². The molecular weight excluding hydrogens is 400 g/mol. The number of rotatable bonds is 5. The molecule has 2 fully saturated rings. The summed E-state index contributed by atoms with van der Waals surface area (Å²) in [6.07, 6.45) is 2.45. The van der Waals surface area contributed by atoms with Gasteiger partial charge >= 0.3 is 0 Å². The van der Waals surface area contributed by atoms with Crippen molar-refractivity contribution >= 4 is 37.9 Å². The van der Waals surface area contributed by atoms with E-state index in [1.54, 1.807) is 5.57 Å². The van der Waals surface area contributed by atoms with Gasteiger partial charge in [-0.15, -0.1) is 11.3 Å². The summed E-state index contributed by atoms with van der Waals surface area (Å²) in [5.74, 6) is 0. The van der Waals surface area contributed by atoms with Gasteiger partial charge in [-0.2, -0.15) is 0 Å². The van der Waals surface area contributed by atoms with Gasteiger partial charge in [-0.1, -0.05) is 48.0 Å². The molecular formula is C27H28N2OS. The molecule has 4 aromatic rings. The normalized spacial score (nSPS) is 17.0. The molecule has 6 rings (SSSR count). The SMILES string of the molecule is Cc1c(C(=C2CC2)c2cccc3ccccc23)c2ccsc2n1CCN1CCOCC1. The lowest BCUT2D eigenvalue weighted by Crippen LogP contribution is -2.38. The van der Waals surface area contributed by atoms with Gasteiger partial charge in [0.25, 0.3) is 0 Å². The van der Waals surface area contributed by atoms with Crippen molar-refractivity contribution in [3.05, 3.63) is 76.3 Å². The molecule has 0 radical (unpaired) electrons. The molecule has 2 aliphatic rings. The minimum Gasteiger partial charge on any atom is -0.379 e. The van der Waals surface area contributed by atoms with Gasteiger partial charge in [-0.3, -0.25) is 4.90 Å². The van der Waals surface area contributed by atoms with Crippen LogP contribution in [0.15, 0.2) is 59.5 Å². The highest BCUT2D eigenvalue weighted by molar-refractivity contribution is 7.16. The molecule has 0 bridgehead atoms. The predicted octanol–water partition coefficient (Wildman–Crippen LogP) is 6.09. The number of thiophene rings is 1. The second-order valence-electron chi connectivity index (χ2n) is 8.71. The third-order valence-corrected chi connectivity index (χ3v) is 7.77. The molecule has 1 aliphatic carbocycles. The molecule has 4 heteroatoms. The molecule has 1 aliphatic heterocycles. The molecule has 0 atom stereocenters. The highest BCUT2D eigenvalue weighted by Gasteiger charge is 2.27. The predicted molar refractivity (Wildman–Crippen MR) is 131 cm³/mol. The van der Waals surface area contributed by atoms with E-state index in [0.717, 1.165) is 39.4 Å². The second-order valence-corrected chi connectivity index (χ2v) is 9.61. The number of benzene rings is 2. The number of morpholine rings is 1. The zero-order valence-electron chi connectivity index (χ0n) is 18.1. The van der Waals surface area contributed by atoms with Crippen molar-refractivity contribution in [1.29, 1.82) is 0 Å². The minimum absolute atomic E-state index is 0.863. The Morgan fingerprint density at radius 1 is 0.935 bits per heavy atom. The fraction of sp³-hybridized carbons (Fsp3) is 0.333. The van der Waals surface area contributed by atoms with Gasteiger partial charge in [0.05, 0.1) is 13.2 Å². The van der Waals surface area contributed by atoms with E-state index >= 15 is 0 Å². The molecule has 0 amide bonds. The number of allylic oxidation sites excluding steroid dienone is 1. The van der Waals surface area contributed by atoms with E-state index in [4.69, 9.17) is 4.74 Å². The number of fused-ring (bicyclic) bond motifs is 2. The van der Waals surface area contributed by atoms with Gasteiger partial charge in [0.15, 0.2) is 0 Å². The molecule has 158 valence electrons. The van der Waals surface area contributed by atoms with Crippen LogP contribution in [0.5, 0.6) is 0 Å². The van der Waals surface area contributed by atoms with E-state index in [9.17, 15) is 0 Å². The molecule has 0 unspecified atom stereocenters. The van der Waals surface area contributed by atoms with Crippen molar-refractivity contribution in [1.82, 2.24) is 9.47 Å². The first-order valence-electron chi connectivity index (χ1n) is 11.4. The summed E-state index contributed by atoms with van der Waals surface area (Å²) in [5, 5.41) is 6.37. The first-order chi connectivity index (χ1) is 15.3. The summed E-state index contributed by atoms with van der Waals surface area (Å²) in [7, 11) is 0. The standard InChI is InChI=1S/C27H28N2OS/c1-19-25(24-11-18-31-27(24)29(19)13-12-28-14-16-30-17-15-28)26(21-9-10-21)23-8-4-6-20-5-2-3-7-22(20)23/h2-8,11,18H,9-10,12-17H2,1H3. The van der Waals surface area contributed by atoms with Crippen LogP contribution in [-0.2, 0) is 11.3 Å². The topological polar surface area (TPSA) is 17.4 Å². The average molecular weight is 429 g/mol. The zero-order valence-corrected chi connectivity index (χ0v) is 18.9. The van der Waals surface area contributed by atoms with Crippen molar-refractivity contribution < 1.29 is 4.74 Å². The molecule has 0 N–H and O–H groups in total. The Morgan fingerprint density at radius 3 is 2.58 bits per heavy atom. The number of ether oxygens (including phenoxy) is 1. The lowest BCUT2D eigenvalue weighted by Gasteiger charge is -2.27. The number of aromatic nitrogens is 1. The Balaban J connectivity index is 1.47. The quantitative estimate of drug-likeness (QED) is 0.383. The molecule has 0 spiro atoms. The number of hydrogen-bond donors (Lipinski definition) is 0. The maximum Gasteiger partial charge on any atom is 0.103 e. The molecule has 1 saturated carbocycles. The van der Waals surface area contributed by atoms with Crippen LogP contribution in [-0.4, -0.2) is 42.3 Å². The van der Waals surface area contributed by atoms with Gasteiger partial charge in [0.1, 0.15) is 4.83 Å². The first kappa shape index (κ1) is 19.3. The third kappa shape index (κ3) is 3.43. The molecule has 2 aromatic heterocycles. The van der Waals surface area contributed by atoms with Crippen LogP contribution < -0.4 is 0 Å². The number of hydrogen-bond acceptors (Lipinski definition) is 3. The van der Waals surface area contributed by atoms with Gasteiger partial charge in [-0.05, 0) is 53.1 Å². The van der Waals surface area contributed by atoms with Crippen LogP contribution in [0.25, 0.3) is 26.6 Å². The van der Waals surface area contributed by atoms with E-state index in [-0.39, 0.29) is 0 Å². The molecule has 31 heavy (non-hydrogen) atoms. The monoisotopic (exact) mass is 428 g/mol. The molecule has 2 aromatic carbocycles. The van der Waals surface area contributed by atoms with E-state index in [1.165, 1.54) is 56.2 Å². The molecule has 1 saturated heterocycles. The van der Waals surface area contributed by atoms with Crippen molar-refractivity contribution in [3.8, 4) is 0 Å². The Kier molecular flexibility index (Phi) is 4.94. The third-order valence-electron chi connectivity index (χ3n) is 6.83. The molecule has 3 nitrogen and oxygen atoms in total. The van der Waals surface area contributed by atoms with Crippen molar-refractivity contribution in [2.75, 3.05) is 32.8 Å². The average Bonchev–Trinajstić information content (AvgIpc) is 3.48. The lowest BCUT2D eigenvalue weighted by molar-refractivity contribution is 0.0365. The summed E-state index contributed by atoms with van der Waals surface area (Å²) < 4.78 is 8.10. The van der Waals surface area contributed by atoms with Gasteiger partial charge in [0, 0.05) is 42.8 Å². The van der Waals surface area contributed by atoms with Gasteiger partial charge < -0.3 is 9.30 Å². The van der Waals surface area contributed by atoms with Crippen LogP contribution in [0.2, 0.25) is 0 Å². The zero-order chi connectivity index (χ0) is 20.8. The molecule has 3 heterocycles. The van der Waals surface area contributed by atoms with Gasteiger partial charge in [0.2, 0.25) is 0 Å². The fourth-order valence-electron chi connectivity index (χ4n) is 5.09.